The predicted octanol–water partition coefficient (Wildman–Crippen LogP) is 3.22. The van der Waals surface area contributed by atoms with Crippen molar-refractivity contribution in [2.24, 2.45) is 0 Å². The number of benzene rings is 1. The molecule has 1 aromatic rings. The topological polar surface area (TPSA) is 78.4 Å². The molecule has 0 bridgehead atoms. The summed E-state index contributed by atoms with van der Waals surface area (Å²) in [6.07, 6.45) is 5.48. The highest BCUT2D eigenvalue weighted by Crippen LogP contribution is 2.30. The number of aromatic carboxylic acids is 1. The van der Waals surface area contributed by atoms with E-state index in [1.165, 1.54) is 12.1 Å². The minimum atomic E-state index is -1.25. The van der Waals surface area contributed by atoms with Crippen molar-refractivity contribution in [3.8, 4) is 12.3 Å². The summed E-state index contributed by atoms with van der Waals surface area (Å²) in [5, 5.41) is 14.2. The highest BCUT2D eigenvalue weighted by atomic mass is 35.5. The van der Waals surface area contributed by atoms with Gasteiger partial charge in [0.15, 0.2) is 0 Å². The summed E-state index contributed by atoms with van der Waals surface area (Å²) < 4.78 is 0. The number of amides is 2. The third kappa shape index (κ3) is 4.34. The van der Waals surface area contributed by atoms with Gasteiger partial charge in [-0.1, -0.05) is 23.2 Å². The third-order valence-electron chi connectivity index (χ3n) is 2.33. The Bertz CT molecular complexity index is 582. The molecule has 1 unspecified atom stereocenters. The van der Waals surface area contributed by atoms with E-state index in [4.69, 9.17) is 34.7 Å². The highest BCUT2D eigenvalue weighted by molar-refractivity contribution is 6.37. The number of terminal acetylenes is 1. The van der Waals surface area contributed by atoms with Gasteiger partial charge in [0.25, 0.3) is 0 Å². The van der Waals surface area contributed by atoms with Crippen molar-refractivity contribution in [1.82, 2.24) is 5.32 Å². The number of carbonyl (C=O) groups is 2. The van der Waals surface area contributed by atoms with Crippen LogP contribution in [0.3, 0.4) is 0 Å². The number of halogens is 2. The zero-order chi connectivity index (χ0) is 15.3. The monoisotopic (exact) mass is 314 g/mol. The van der Waals surface area contributed by atoms with Gasteiger partial charge in [-0.2, -0.15) is 0 Å². The average molecular weight is 315 g/mol. The molecule has 5 nitrogen and oxygen atoms in total. The SMILES string of the molecule is C#CCC(C)NC(=O)Nc1c(Cl)cc(Cl)cc1C(=O)O. The van der Waals surface area contributed by atoms with Gasteiger partial charge in [-0.15, -0.1) is 12.3 Å². The van der Waals surface area contributed by atoms with Crippen molar-refractivity contribution in [2.75, 3.05) is 5.32 Å². The Hall–Kier alpha value is -1.90. The molecular weight excluding hydrogens is 303 g/mol. The Morgan fingerprint density at radius 1 is 1.45 bits per heavy atom. The van der Waals surface area contributed by atoms with Gasteiger partial charge in [-0.3, -0.25) is 0 Å². The molecule has 0 heterocycles. The van der Waals surface area contributed by atoms with Crippen LogP contribution in [-0.4, -0.2) is 23.1 Å². The molecule has 0 spiro atoms. The first kappa shape index (κ1) is 16.2. The third-order valence-corrected chi connectivity index (χ3v) is 2.84. The Morgan fingerprint density at radius 2 is 2.10 bits per heavy atom. The lowest BCUT2D eigenvalue weighted by molar-refractivity contribution is 0.0698. The molecule has 7 heteroatoms. The summed E-state index contributed by atoms with van der Waals surface area (Å²) in [6.45, 7) is 1.72. The maximum atomic E-state index is 11.7. The first-order valence-electron chi connectivity index (χ1n) is 5.58. The van der Waals surface area contributed by atoms with Crippen LogP contribution < -0.4 is 10.6 Å². The predicted molar refractivity (Wildman–Crippen MR) is 78.5 cm³/mol. The van der Waals surface area contributed by atoms with E-state index in [0.29, 0.717) is 6.42 Å². The van der Waals surface area contributed by atoms with Gasteiger partial charge in [0.1, 0.15) is 0 Å². The minimum Gasteiger partial charge on any atom is -0.478 e. The second kappa shape index (κ2) is 7.04. The first-order valence-corrected chi connectivity index (χ1v) is 6.34. The lowest BCUT2D eigenvalue weighted by Gasteiger charge is -2.14. The van der Waals surface area contributed by atoms with Crippen LogP contribution in [0.5, 0.6) is 0 Å². The minimum absolute atomic E-state index is 0.0195. The smallest absolute Gasteiger partial charge is 0.337 e. The Morgan fingerprint density at radius 3 is 2.65 bits per heavy atom. The molecule has 0 saturated heterocycles. The molecule has 2 amide bonds. The number of nitrogens with one attached hydrogen (secondary N) is 2. The molecule has 3 N–H and O–H groups in total. The largest absolute Gasteiger partial charge is 0.478 e. The molecule has 1 atom stereocenters. The number of anilines is 1. The van der Waals surface area contributed by atoms with Gasteiger partial charge < -0.3 is 15.7 Å². The zero-order valence-corrected chi connectivity index (χ0v) is 12.0. The van der Waals surface area contributed by atoms with E-state index in [9.17, 15) is 9.59 Å². The zero-order valence-electron chi connectivity index (χ0n) is 10.5. The molecular formula is C13H12Cl2N2O3. The van der Waals surface area contributed by atoms with Gasteiger partial charge in [0.2, 0.25) is 0 Å². The van der Waals surface area contributed by atoms with Gasteiger partial charge in [0.05, 0.1) is 16.3 Å². The van der Waals surface area contributed by atoms with Crippen LogP contribution in [0, 0.1) is 12.3 Å². The normalized spacial score (nSPS) is 11.3. The van der Waals surface area contributed by atoms with Crippen LogP contribution in [0.15, 0.2) is 12.1 Å². The van der Waals surface area contributed by atoms with Crippen LogP contribution >= 0.6 is 23.2 Å². The number of carboxylic acid groups (broad SMARTS) is 1. The summed E-state index contributed by atoms with van der Waals surface area (Å²) in [4.78, 5) is 22.9. The Kier molecular flexibility index (Phi) is 5.68. The summed E-state index contributed by atoms with van der Waals surface area (Å²) in [5.74, 6) is 1.16. The van der Waals surface area contributed by atoms with Crippen molar-refractivity contribution < 1.29 is 14.7 Å². The van der Waals surface area contributed by atoms with Gasteiger partial charge >= 0.3 is 12.0 Å². The Balaban J connectivity index is 2.95. The summed E-state index contributed by atoms with van der Waals surface area (Å²) in [6, 6.07) is 1.70. The number of carbonyl (C=O) groups excluding carboxylic acids is 1. The molecule has 0 saturated carbocycles. The molecule has 0 radical (unpaired) electrons. The number of urea groups is 1. The molecule has 0 aromatic heterocycles. The van der Waals surface area contributed by atoms with Crippen LogP contribution in [-0.2, 0) is 0 Å². The maximum absolute atomic E-state index is 11.7. The highest BCUT2D eigenvalue weighted by Gasteiger charge is 2.17. The van der Waals surface area contributed by atoms with Crippen molar-refractivity contribution in [3.63, 3.8) is 0 Å². The van der Waals surface area contributed by atoms with Gasteiger partial charge in [-0.05, 0) is 19.1 Å². The van der Waals surface area contributed by atoms with Crippen molar-refractivity contribution >= 4 is 40.9 Å². The molecule has 106 valence electrons. The number of hydrogen-bond acceptors (Lipinski definition) is 2. The fourth-order valence-corrected chi connectivity index (χ4v) is 2.01. The first-order chi connectivity index (χ1) is 9.35. The van der Waals surface area contributed by atoms with Crippen LogP contribution in [0.4, 0.5) is 10.5 Å². The van der Waals surface area contributed by atoms with Gasteiger partial charge in [0, 0.05) is 17.5 Å². The van der Waals surface area contributed by atoms with E-state index in [2.05, 4.69) is 16.6 Å². The van der Waals surface area contributed by atoms with Crippen LogP contribution in [0.1, 0.15) is 23.7 Å². The maximum Gasteiger partial charge on any atom is 0.337 e. The standard InChI is InChI=1S/C13H12Cl2N2O3/c1-3-4-7(2)16-13(20)17-11-9(12(18)19)5-8(14)6-10(11)15/h1,5-7H,4H2,2H3,(H,18,19)(H2,16,17,20). The van der Waals surface area contributed by atoms with E-state index in [-0.39, 0.29) is 27.3 Å². The Labute approximate surface area is 126 Å². The lowest BCUT2D eigenvalue weighted by atomic mass is 10.2. The molecule has 0 fully saturated rings. The van der Waals surface area contributed by atoms with Crippen LogP contribution in [0.25, 0.3) is 0 Å². The second-order valence-corrected chi connectivity index (χ2v) is 4.87. The van der Waals surface area contributed by atoms with E-state index >= 15 is 0 Å². The second-order valence-electron chi connectivity index (χ2n) is 4.02. The van der Waals surface area contributed by atoms with Gasteiger partial charge in [-0.25, -0.2) is 9.59 Å². The van der Waals surface area contributed by atoms with E-state index in [0.717, 1.165) is 0 Å². The summed E-state index contributed by atoms with van der Waals surface area (Å²) in [5.41, 5.74) is -0.212. The quantitative estimate of drug-likeness (QED) is 0.747. The van der Waals surface area contributed by atoms with Crippen molar-refractivity contribution in [1.29, 1.82) is 0 Å². The van der Waals surface area contributed by atoms with E-state index in [1.54, 1.807) is 6.92 Å². The van der Waals surface area contributed by atoms with Crippen molar-refractivity contribution in [3.05, 3.63) is 27.7 Å². The lowest BCUT2D eigenvalue weighted by Crippen LogP contribution is -2.36. The molecule has 0 aliphatic heterocycles. The van der Waals surface area contributed by atoms with E-state index < -0.39 is 12.0 Å². The molecule has 0 aliphatic carbocycles. The average Bonchev–Trinajstić information content (AvgIpc) is 2.32. The fourth-order valence-electron chi connectivity index (χ4n) is 1.47. The summed E-state index contributed by atoms with van der Waals surface area (Å²) in [7, 11) is 0. The van der Waals surface area contributed by atoms with E-state index in [1.807, 2.05) is 0 Å². The number of hydrogen-bond donors (Lipinski definition) is 3. The fraction of sp³-hybridized carbons (Fsp3) is 0.231. The van der Waals surface area contributed by atoms with Crippen LogP contribution in [0.2, 0.25) is 10.0 Å². The van der Waals surface area contributed by atoms with Crippen molar-refractivity contribution in [2.45, 2.75) is 19.4 Å². The number of rotatable bonds is 4. The molecule has 0 aliphatic rings. The summed E-state index contributed by atoms with van der Waals surface area (Å²) >= 11 is 11.6. The number of carboxylic acids is 1. The molecule has 1 rings (SSSR count). The molecule has 1 aromatic carbocycles. The molecule has 20 heavy (non-hydrogen) atoms.